The Hall–Kier alpha value is -0.770. The summed E-state index contributed by atoms with van der Waals surface area (Å²) < 4.78 is 0. The van der Waals surface area contributed by atoms with Crippen LogP contribution in [0.1, 0.15) is 24.8 Å². The maximum absolute atomic E-state index is 12.1. The molecule has 0 saturated carbocycles. The largest absolute Gasteiger partial charge is 0.341 e. The van der Waals surface area contributed by atoms with E-state index >= 15 is 0 Å². The fraction of sp³-hybridized carbons (Fsp3) is 0.500. The Morgan fingerprint density at radius 2 is 2.21 bits per heavy atom. The summed E-state index contributed by atoms with van der Waals surface area (Å²) in [6, 6.07) is 5.63. The van der Waals surface area contributed by atoms with Crippen molar-refractivity contribution in [2.24, 2.45) is 5.73 Å². The van der Waals surface area contributed by atoms with Gasteiger partial charge in [0.15, 0.2) is 0 Å². The van der Waals surface area contributed by atoms with Crippen LogP contribution >= 0.6 is 23.2 Å². The second-order valence-corrected chi connectivity index (χ2v) is 5.74. The highest BCUT2D eigenvalue weighted by molar-refractivity contribution is 6.42. The third kappa shape index (κ3) is 3.85. The number of likely N-dealkylation sites (tertiary alicyclic amines) is 1. The fourth-order valence-corrected chi connectivity index (χ4v) is 2.79. The molecule has 19 heavy (non-hydrogen) atoms. The van der Waals surface area contributed by atoms with Crippen LogP contribution in [0.4, 0.5) is 0 Å². The lowest BCUT2D eigenvalue weighted by Crippen LogP contribution is -2.45. The molecule has 104 valence electrons. The number of halogens is 2. The molecule has 1 heterocycles. The molecular formula is C14H18Cl2N2O. The average Bonchev–Trinajstić information content (AvgIpc) is 2.40. The number of carbonyl (C=O) groups is 1. The highest BCUT2D eigenvalue weighted by atomic mass is 35.5. The Labute approximate surface area is 123 Å². The van der Waals surface area contributed by atoms with E-state index in [-0.39, 0.29) is 11.9 Å². The first-order valence-corrected chi connectivity index (χ1v) is 7.30. The van der Waals surface area contributed by atoms with Gasteiger partial charge >= 0.3 is 0 Å². The van der Waals surface area contributed by atoms with Crippen molar-refractivity contribution in [2.75, 3.05) is 13.1 Å². The Morgan fingerprint density at radius 1 is 1.42 bits per heavy atom. The van der Waals surface area contributed by atoms with Crippen molar-refractivity contribution in [3.05, 3.63) is 33.8 Å². The van der Waals surface area contributed by atoms with Gasteiger partial charge in [0.2, 0.25) is 5.91 Å². The predicted octanol–water partition coefficient (Wildman–Crippen LogP) is 2.88. The normalized spacial score (nSPS) is 19.5. The minimum Gasteiger partial charge on any atom is -0.341 e. The summed E-state index contributed by atoms with van der Waals surface area (Å²) in [4.78, 5) is 14.0. The molecule has 1 fully saturated rings. The first-order chi connectivity index (χ1) is 9.08. The number of hydrogen-bond acceptors (Lipinski definition) is 2. The van der Waals surface area contributed by atoms with Crippen LogP contribution in [0.15, 0.2) is 18.2 Å². The number of nitrogens with zero attached hydrogens (tertiary/aromatic N) is 1. The van der Waals surface area contributed by atoms with Crippen molar-refractivity contribution in [3.8, 4) is 0 Å². The van der Waals surface area contributed by atoms with Crippen molar-refractivity contribution in [3.63, 3.8) is 0 Å². The molecule has 2 rings (SSSR count). The molecule has 0 aliphatic carbocycles. The molecular weight excluding hydrogens is 283 g/mol. The number of hydrogen-bond donors (Lipinski definition) is 1. The van der Waals surface area contributed by atoms with E-state index in [9.17, 15) is 4.79 Å². The molecule has 0 spiro atoms. The summed E-state index contributed by atoms with van der Waals surface area (Å²) >= 11 is 12.1. The van der Waals surface area contributed by atoms with E-state index in [1.807, 2.05) is 17.0 Å². The van der Waals surface area contributed by atoms with Crippen molar-refractivity contribution in [1.29, 1.82) is 0 Å². The van der Waals surface area contributed by atoms with Crippen molar-refractivity contribution in [1.82, 2.24) is 4.90 Å². The predicted molar refractivity (Wildman–Crippen MR) is 78.6 cm³/mol. The van der Waals surface area contributed by atoms with Crippen LogP contribution in [-0.4, -0.2) is 29.9 Å². The lowest BCUT2D eigenvalue weighted by atomic mass is 10.0. The number of piperidine rings is 1. The summed E-state index contributed by atoms with van der Waals surface area (Å²) in [5.41, 5.74) is 6.80. The van der Waals surface area contributed by atoms with Gasteiger partial charge in [-0.05, 0) is 30.9 Å². The van der Waals surface area contributed by atoms with E-state index in [1.54, 1.807) is 6.07 Å². The molecule has 5 heteroatoms. The van der Waals surface area contributed by atoms with Crippen LogP contribution in [0, 0.1) is 0 Å². The molecule has 0 aromatic heterocycles. The lowest BCUT2D eigenvalue weighted by Gasteiger charge is -2.30. The molecule has 1 amide bonds. The Morgan fingerprint density at radius 3 is 2.95 bits per heavy atom. The summed E-state index contributed by atoms with van der Waals surface area (Å²) in [6.45, 7) is 1.48. The molecule has 1 aliphatic heterocycles. The number of aryl methyl sites for hydroxylation is 1. The van der Waals surface area contributed by atoms with Gasteiger partial charge in [-0.2, -0.15) is 0 Å². The minimum absolute atomic E-state index is 0.118. The SMILES string of the molecule is NC1CCCN(C(=O)CCc2cccc(Cl)c2Cl)C1. The maximum Gasteiger partial charge on any atom is 0.222 e. The number of benzene rings is 1. The molecule has 1 unspecified atom stereocenters. The zero-order valence-corrected chi connectivity index (χ0v) is 12.3. The average molecular weight is 301 g/mol. The Balaban J connectivity index is 1.91. The number of rotatable bonds is 3. The van der Waals surface area contributed by atoms with Crippen LogP contribution in [0.2, 0.25) is 10.0 Å². The van der Waals surface area contributed by atoms with Gasteiger partial charge in [-0.1, -0.05) is 35.3 Å². The zero-order chi connectivity index (χ0) is 13.8. The van der Waals surface area contributed by atoms with Crippen LogP contribution in [0.5, 0.6) is 0 Å². The minimum atomic E-state index is 0.118. The van der Waals surface area contributed by atoms with E-state index in [0.717, 1.165) is 24.9 Å². The van der Waals surface area contributed by atoms with Crippen molar-refractivity contribution in [2.45, 2.75) is 31.7 Å². The smallest absolute Gasteiger partial charge is 0.222 e. The van der Waals surface area contributed by atoms with Crippen LogP contribution < -0.4 is 5.73 Å². The molecule has 1 atom stereocenters. The second-order valence-electron chi connectivity index (χ2n) is 4.96. The molecule has 1 aliphatic rings. The highest BCUT2D eigenvalue weighted by Crippen LogP contribution is 2.26. The third-order valence-electron chi connectivity index (χ3n) is 3.45. The van der Waals surface area contributed by atoms with Crippen LogP contribution in [-0.2, 0) is 11.2 Å². The van der Waals surface area contributed by atoms with E-state index in [0.29, 0.717) is 29.4 Å². The van der Waals surface area contributed by atoms with Gasteiger partial charge in [-0.25, -0.2) is 0 Å². The van der Waals surface area contributed by atoms with Gasteiger partial charge in [0.1, 0.15) is 0 Å². The van der Waals surface area contributed by atoms with E-state index < -0.39 is 0 Å². The van der Waals surface area contributed by atoms with Gasteiger partial charge in [0.25, 0.3) is 0 Å². The summed E-state index contributed by atoms with van der Waals surface area (Å²) in [6.07, 6.45) is 3.06. The topological polar surface area (TPSA) is 46.3 Å². The van der Waals surface area contributed by atoms with E-state index in [1.165, 1.54) is 0 Å². The quantitative estimate of drug-likeness (QED) is 0.933. The maximum atomic E-state index is 12.1. The number of carbonyl (C=O) groups excluding carboxylic acids is 1. The van der Waals surface area contributed by atoms with Gasteiger partial charge in [0, 0.05) is 25.6 Å². The monoisotopic (exact) mass is 300 g/mol. The molecule has 2 N–H and O–H groups in total. The zero-order valence-electron chi connectivity index (χ0n) is 10.7. The molecule has 1 aromatic rings. The summed E-state index contributed by atoms with van der Waals surface area (Å²) in [7, 11) is 0. The Kier molecular flexibility index (Phi) is 5.08. The van der Waals surface area contributed by atoms with Crippen molar-refractivity contribution >= 4 is 29.1 Å². The number of amides is 1. The third-order valence-corrected chi connectivity index (χ3v) is 4.31. The molecule has 1 aromatic carbocycles. The van der Waals surface area contributed by atoms with Gasteiger partial charge in [-0.3, -0.25) is 4.79 Å². The van der Waals surface area contributed by atoms with Crippen LogP contribution in [0.25, 0.3) is 0 Å². The molecule has 3 nitrogen and oxygen atoms in total. The summed E-state index contributed by atoms with van der Waals surface area (Å²) in [5, 5.41) is 1.08. The lowest BCUT2D eigenvalue weighted by molar-refractivity contribution is -0.132. The van der Waals surface area contributed by atoms with E-state index in [2.05, 4.69) is 0 Å². The van der Waals surface area contributed by atoms with E-state index in [4.69, 9.17) is 28.9 Å². The fourth-order valence-electron chi connectivity index (χ4n) is 2.38. The first-order valence-electron chi connectivity index (χ1n) is 6.54. The van der Waals surface area contributed by atoms with Gasteiger partial charge in [-0.15, -0.1) is 0 Å². The van der Waals surface area contributed by atoms with Gasteiger partial charge in [0.05, 0.1) is 10.0 Å². The standard InChI is InChI=1S/C14H18Cl2N2O/c15-12-5-1-3-10(14(12)16)6-7-13(19)18-8-2-4-11(17)9-18/h1,3,5,11H,2,4,6-9,17H2. The number of nitrogens with two attached hydrogens (primary N) is 1. The molecule has 1 saturated heterocycles. The second kappa shape index (κ2) is 6.60. The first kappa shape index (κ1) is 14.6. The van der Waals surface area contributed by atoms with Gasteiger partial charge < -0.3 is 10.6 Å². The summed E-state index contributed by atoms with van der Waals surface area (Å²) in [5.74, 6) is 0.145. The van der Waals surface area contributed by atoms with Crippen molar-refractivity contribution < 1.29 is 4.79 Å². The van der Waals surface area contributed by atoms with Crippen LogP contribution in [0.3, 0.4) is 0 Å². The highest BCUT2D eigenvalue weighted by Gasteiger charge is 2.21. The Bertz CT molecular complexity index is 465. The molecule has 0 radical (unpaired) electrons. The molecule has 0 bridgehead atoms.